The maximum atomic E-state index is 12.7. The van der Waals surface area contributed by atoms with Crippen LogP contribution in [0.15, 0.2) is 24.3 Å². The van der Waals surface area contributed by atoms with Crippen molar-refractivity contribution in [3.05, 3.63) is 34.9 Å². The van der Waals surface area contributed by atoms with Gasteiger partial charge in [-0.2, -0.15) is 0 Å². The van der Waals surface area contributed by atoms with E-state index in [1.54, 1.807) is 12.1 Å². The first kappa shape index (κ1) is 22.1. The van der Waals surface area contributed by atoms with Crippen LogP contribution >= 0.6 is 11.6 Å². The molecule has 0 saturated carbocycles. The van der Waals surface area contributed by atoms with Gasteiger partial charge in [-0.05, 0) is 63.2 Å². The number of nitrogens with zero attached hydrogens (tertiary/aromatic N) is 2. The Morgan fingerprint density at radius 3 is 2.34 bits per heavy atom. The molecule has 1 aromatic carbocycles. The van der Waals surface area contributed by atoms with Crippen LogP contribution in [0.2, 0.25) is 5.02 Å². The predicted molar refractivity (Wildman–Crippen MR) is 117 cm³/mol. The minimum Gasteiger partial charge on any atom is -0.356 e. The third-order valence-corrected chi connectivity index (χ3v) is 6.62. The molecule has 0 radical (unpaired) electrons. The monoisotopic (exact) mass is 419 g/mol. The molecule has 2 fully saturated rings. The van der Waals surface area contributed by atoms with Gasteiger partial charge >= 0.3 is 0 Å². The van der Waals surface area contributed by atoms with E-state index in [2.05, 4.69) is 24.1 Å². The maximum absolute atomic E-state index is 12.7. The zero-order valence-corrected chi connectivity index (χ0v) is 18.5. The van der Waals surface area contributed by atoms with Gasteiger partial charge in [0.25, 0.3) is 5.91 Å². The van der Waals surface area contributed by atoms with E-state index in [1.807, 2.05) is 17.0 Å². The lowest BCUT2D eigenvalue weighted by Crippen LogP contribution is -2.50. The van der Waals surface area contributed by atoms with E-state index < -0.39 is 0 Å². The van der Waals surface area contributed by atoms with Gasteiger partial charge in [-0.15, -0.1) is 0 Å². The summed E-state index contributed by atoms with van der Waals surface area (Å²) in [6.07, 6.45) is 4.89. The number of likely N-dealkylation sites (tertiary alicyclic amines) is 2. The summed E-state index contributed by atoms with van der Waals surface area (Å²) >= 11 is 6.19. The summed E-state index contributed by atoms with van der Waals surface area (Å²) in [5, 5.41) is 3.63. The summed E-state index contributed by atoms with van der Waals surface area (Å²) < 4.78 is 0. The van der Waals surface area contributed by atoms with Gasteiger partial charge in [-0.25, -0.2) is 0 Å². The topological polar surface area (TPSA) is 52.7 Å². The van der Waals surface area contributed by atoms with Gasteiger partial charge < -0.3 is 15.1 Å². The third-order valence-electron chi connectivity index (χ3n) is 6.29. The number of rotatable bonds is 6. The molecule has 0 spiro atoms. The van der Waals surface area contributed by atoms with Crippen molar-refractivity contribution < 1.29 is 9.59 Å². The Morgan fingerprint density at radius 1 is 1.07 bits per heavy atom. The number of hydrogen-bond acceptors (Lipinski definition) is 3. The van der Waals surface area contributed by atoms with Gasteiger partial charge in [0, 0.05) is 31.6 Å². The van der Waals surface area contributed by atoms with Crippen LogP contribution in [-0.4, -0.2) is 60.4 Å². The van der Waals surface area contributed by atoms with Crippen LogP contribution in [0.25, 0.3) is 0 Å². The fraction of sp³-hybridized carbons (Fsp3) is 0.652. The number of piperidine rings is 2. The fourth-order valence-corrected chi connectivity index (χ4v) is 4.61. The highest BCUT2D eigenvalue weighted by Gasteiger charge is 2.32. The van der Waals surface area contributed by atoms with Gasteiger partial charge in [0.1, 0.15) is 0 Å². The Balaban J connectivity index is 1.41. The number of nitrogens with one attached hydrogen (secondary N) is 1. The van der Waals surface area contributed by atoms with Gasteiger partial charge in [0.05, 0.1) is 10.6 Å². The second-order valence-electron chi connectivity index (χ2n) is 8.79. The molecule has 0 atom stereocenters. The minimum absolute atomic E-state index is 0.0332. The number of carbonyl (C=O) groups is 2. The van der Waals surface area contributed by atoms with E-state index in [0.717, 1.165) is 64.8 Å². The molecule has 5 nitrogen and oxygen atoms in total. The summed E-state index contributed by atoms with van der Waals surface area (Å²) in [7, 11) is 0. The van der Waals surface area contributed by atoms with E-state index >= 15 is 0 Å². The fourth-order valence-electron chi connectivity index (χ4n) is 4.39. The Hall–Kier alpha value is -1.59. The van der Waals surface area contributed by atoms with Crippen LogP contribution in [0.5, 0.6) is 0 Å². The molecule has 1 aromatic rings. The highest BCUT2D eigenvalue weighted by Crippen LogP contribution is 2.26. The molecule has 160 valence electrons. The number of hydrogen-bond donors (Lipinski definition) is 1. The van der Waals surface area contributed by atoms with Crippen molar-refractivity contribution >= 4 is 23.4 Å². The molecule has 0 aromatic heterocycles. The lowest BCUT2D eigenvalue weighted by atomic mass is 9.92. The van der Waals surface area contributed by atoms with E-state index in [4.69, 9.17) is 11.6 Å². The summed E-state index contributed by atoms with van der Waals surface area (Å²) in [5.74, 6) is 1.03. The van der Waals surface area contributed by atoms with Crippen LogP contribution < -0.4 is 5.32 Å². The molecule has 2 amide bonds. The quantitative estimate of drug-likeness (QED) is 0.762. The SMILES string of the molecule is CC(C)CCNC(=O)C1CCN(C2CCN(C(=O)c3ccccc3Cl)CC2)CC1. The molecule has 2 aliphatic heterocycles. The van der Waals surface area contributed by atoms with Crippen molar-refractivity contribution in [2.45, 2.75) is 52.0 Å². The van der Waals surface area contributed by atoms with Gasteiger partial charge in [0.2, 0.25) is 5.91 Å². The van der Waals surface area contributed by atoms with Crippen molar-refractivity contribution in [3.63, 3.8) is 0 Å². The van der Waals surface area contributed by atoms with Crippen molar-refractivity contribution in [1.29, 1.82) is 0 Å². The Kier molecular flexibility index (Phi) is 7.96. The van der Waals surface area contributed by atoms with Crippen molar-refractivity contribution in [2.24, 2.45) is 11.8 Å². The van der Waals surface area contributed by atoms with Gasteiger partial charge in [-0.3, -0.25) is 9.59 Å². The molecule has 0 aliphatic carbocycles. The first-order chi connectivity index (χ1) is 14.0. The summed E-state index contributed by atoms with van der Waals surface area (Å²) in [6, 6.07) is 7.78. The predicted octanol–water partition coefficient (Wildman–Crippen LogP) is 3.82. The molecule has 3 rings (SSSR count). The van der Waals surface area contributed by atoms with Crippen molar-refractivity contribution in [3.8, 4) is 0 Å². The Bertz CT molecular complexity index is 693. The van der Waals surface area contributed by atoms with Crippen molar-refractivity contribution in [1.82, 2.24) is 15.1 Å². The number of halogens is 1. The second-order valence-corrected chi connectivity index (χ2v) is 9.19. The standard InChI is InChI=1S/C23H34ClN3O2/c1-17(2)7-12-25-22(28)18-8-13-26(14-9-18)19-10-15-27(16-11-19)23(29)20-5-3-4-6-21(20)24/h3-6,17-19H,7-16H2,1-2H3,(H,25,28). The Morgan fingerprint density at radius 2 is 1.72 bits per heavy atom. The van der Waals surface area contributed by atoms with E-state index in [-0.39, 0.29) is 17.7 Å². The van der Waals surface area contributed by atoms with Crippen molar-refractivity contribution in [2.75, 3.05) is 32.7 Å². The first-order valence-corrected chi connectivity index (χ1v) is 11.4. The third kappa shape index (κ3) is 5.95. The zero-order valence-electron chi connectivity index (χ0n) is 17.7. The van der Waals surface area contributed by atoms with Crippen LogP contribution in [0.4, 0.5) is 0 Å². The van der Waals surface area contributed by atoms with Gasteiger partial charge in [-0.1, -0.05) is 37.6 Å². The minimum atomic E-state index is 0.0332. The highest BCUT2D eigenvalue weighted by atomic mass is 35.5. The maximum Gasteiger partial charge on any atom is 0.255 e. The highest BCUT2D eigenvalue weighted by molar-refractivity contribution is 6.33. The average molecular weight is 420 g/mol. The lowest BCUT2D eigenvalue weighted by Gasteiger charge is -2.41. The lowest BCUT2D eigenvalue weighted by molar-refractivity contribution is -0.126. The second kappa shape index (κ2) is 10.4. The largest absolute Gasteiger partial charge is 0.356 e. The normalized spacial score (nSPS) is 19.5. The summed E-state index contributed by atoms with van der Waals surface area (Å²) in [6.45, 7) is 8.63. The zero-order chi connectivity index (χ0) is 20.8. The number of benzene rings is 1. The Labute approximate surface area is 179 Å². The van der Waals surface area contributed by atoms with Gasteiger partial charge in [0.15, 0.2) is 0 Å². The molecule has 2 aliphatic rings. The van der Waals surface area contributed by atoms with Crippen LogP contribution in [0.3, 0.4) is 0 Å². The summed E-state index contributed by atoms with van der Waals surface area (Å²) in [5.41, 5.74) is 0.594. The molecule has 29 heavy (non-hydrogen) atoms. The molecule has 1 N–H and O–H groups in total. The summed E-state index contributed by atoms with van der Waals surface area (Å²) in [4.78, 5) is 29.5. The number of carbonyl (C=O) groups excluding carboxylic acids is 2. The van der Waals surface area contributed by atoms with Crippen LogP contribution in [-0.2, 0) is 4.79 Å². The molecule has 0 unspecified atom stereocenters. The van der Waals surface area contributed by atoms with E-state index in [0.29, 0.717) is 22.5 Å². The molecule has 6 heteroatoms. The van der Waals surface area contributed by atoms with E-state index in [1.165, 1.54) is 0 Å². The molecular weight excluding hydrogens is 386 g/mol. The number of amides is 2. The molecule has 0 bridgehead atoms. The van der Waals surface area contributed by atoms with Crippen LogP contribution in [0.1, 0.15) is 56.3 Å². The molecule has 2 heterocycles. The molecular formula is C23H34ClN3O2. The van der Waals surface area contributed by atoms with Crippen LogP contribution in [0, 0.1) is 11.8 Å². The average Bonchev–Trinajstić information content (AvgIpc) is 2.73. The smallest absolute Gasteiger partial charge is 0.255 e. The molecule has 2 saturated heterocycles. The first-order valence-electron chi connectivity index (χ1n) is 11.0. The van der Waals surface area contributed by atoms with E-state index in [9.17, 15) is 9.59 Å².